The molecule has 5 heteroatoms. The molecular formula is C16H15ClN2O2. The largest absolute Gasteiger partial charge is 0.326 e. The Labute approximate surface area is 128 Å². The van der Waals surface area contributed by atoms with Crippen LogP contribution in [0.15, 0.2) is 54.6 Å². The first-order valence-corrected chi connectivity index (χ1v) is 7.05. The molecule has 2 amide bonds. The summed E-state index contributed by atoms with van der Waals surface area (Å²) in [7, 11) is 0. The summed E-state index contributed by atoms with van der Waals surface area (Å²) in [5, 5.41) is 5.51. The molecule has 0 aliphatic carbocycles. The Hall–Kier alpha value is -2.33. The first kappa shape index (κ1) is 15.1. The second-order valence-corrected chi connectivity index (χ2v) is 4.76. The maximum atomic E-state index is 12.0. The third-order valence-electron chi connectivity index (χ3n) is 2.78. The lowest BCUT2D eigenvalue weighted by Gasteiger charge is -2.07. The van der Waals surface area contributed by atoms with E-state index in [1.807, 2.05) is 18.2 Å². The van der Waals surface area contributed by atoms with E-state index in [-0.39, 0.29) is 24.1 Å². The summed E-state index contributed by atoms with van der Waals surface area (Å²) >= 11 is 5.50. The number of carbonyl (C=O) groups excluding carboxylic acids is 2. The molecule has 0 heterocycles. The van der Waals surface area contributed by atoms with Crippen LogP contribution in [-0.4, -0.2) is 17.7 Å². The Kier molecular flexibility index (Phi) is 5.35. The zero-order valence-corrected chi connectivity index (χ0v) is 12.1. The average molecular weight is 303 g/mol. The van der Waals surface area contributed by atoms with Gasteiger partial charge in [-0.3, -0.25) is 9.59 Å². The predicted octanol–water partition coefficient (Wildman–Crippen LogP) is 3.51. The van der Waals surface area contributed by atoms with Gasteiger partial charge in [-0.1, -0.05) is 18.2 Å². The summed E-state index contributed by atoms with van der Waals surface area (Å²) in [5.74, 6) is -0.0163. The zero-order valence-electron chi connectivity index (χ0n) is 11.3. The van der Waals surface area contributed by atoms with E-state index in [4.69, 9.17) is 11.6 Å². The molecule has 0 spiro atoms. The smallest absolute Gasteiger partial charge is 0.255 e. The molecule has 0 saturated heterocycles. The van der Waals surface area contributed by atoms with E-state index in [9.17, 15) is 9.59 Å². The van der Waals surface area contributed by atoms with E-state index in [1.165, 1.54) is 0 Å². The Morgan fingerprint density at radius 3 is 2.00 bits per heavy atom. The van der Waals surface area contributed by atoms with Crippen LogP contribution in [0.25, 0.3) is 0 Å². The molecule has 2 aromatic carbocycles. The van der Waals surface area contributed by atoms with E-state index < -0.39 is 0 Å². The van der Waals surface area contributed by atoms with Gasteiger partial charge in [-0.15, -0.1) is 11.6 Å². The molecule has 2 aromatic rings. The number of hydrogen-bond acceptors (Lipinski definition) is 2. The lowest BCUT2D eigenvalue weighted by molar-refractivity contribution is -0.115. The Morgan fingerprint density at radius 2 is 1.43 bits per heavy atom. The number of halogens is 1. The second-order valence-electron chi connectivity index (χ2n) is 4.38. The van der Waals surface area contributed by atoms with Crippen molar-refractivity contribution in [1.29, 1.82) is 0 Å². The van der Waals surface area contributed by atoms with Gasteiger partial charge < -0.3 is 10.6 Å². The lowest BCUT2D eigenvalue weighted by atomic mass is 10.2. The normalized spacial score (nSPS) is 9.95. The SMILES string of the molecule is O=C(CCCl)Nc1ccc(NC(=O)c2ccccc2)cc1. The summed E-state index contributed by atoms with van der Waals surface area (Å²) in [6, 6.07) is 15.9. The van der Waals surface area contributed by atoms with Crippen molar-refractivity contribution >= 4 is 34.8 Å². The molecule has 2 rings (SSSR count). The van der Waals surface area contributed by atoms with Gasteiger partial charge in [-0.05, 0) is 36.4 Å². The van der Waals surface area contributed by atoms with Crippen LogP contribution in [0.4, 0.5) is 11.4 Å². The fraction of sp³-hybridized carbons (Fsp3) is 0.125. The number of hydrogen-bond donors (Lipinski definition) is 2. The third kappa shape index (κ3) is 4.61. The fourth-order valence-electron chi connectivity index (χ4n) is 1.74. The van der Waals surface area contributed by atoms with Crippen molar-refractivity contribution in [3.05, 3.63) is 60.2 Å². The molecule has 0 fully saturated rings. The van der Waals surface area contributed by atoms with Crippen LogP contribution >= 0.6 is 11.6 Å². The fourth-order valence-corrected chi connectivity index (χ4v) is 1.91. The number of alkyl halides is 1. The molecule has 0 aromatic heterocycles. The highest BCUT2D eigenvalue weighted by molar-refractivity contribution is 6.19. The van der Waals surface area contributed by atoms with Crippen LogP contribution in [0.5, 0.6) is 0 Å². The number of anilines is 2. The summed E-state index contributed by atoms with van der Waals surface area (Å²) < 4.78 is 0. The standard InChI is InChI=1S/C16H15ClN2O2/c17-11-10-15(20)18-13-6-8-14(9-7-13)19-16(21)12-4-2-1-3-5-12/h1-9H,10-11H2,(H,18,20)(H,19,21). The highest BCUT2D eigenvalue weighted by Gasteiger charge is 2.05. The van der Waals surface area contributed by atoms with Gasteiger partial charge in [0.15, 0.2) is 0 Å². The van der Waals surface area contributed by atoms with Crippen LogP contribution in [0.2, 0.25) is 0 Å². The summed E-state index contributed by atoms with van der Waals surface area (Å²) in [4.78, 5) is 23.4. The van der Waals surface area contributed by atoms with Gasteiger partial charge >= 0.3 is 0 Å². The van der Waals surface area contributed by atoms with Crippen molar-refractivity contribution in [3.63, 3.8) is 0 Å². The van der Waals surface area contributed by atoms with Crippen molar-refractivity contribution in [3.8, 4) is 0 Å². The van der Waals surface area contributed by atoms with Gasteiger partial charge in [0.25, 0.3) is 5.91 Å². The van der Waals surface area contributed by atoms with Gasteiger partial charge in [-0.2, -0.15) is 0 Å². The topological polar surface area (TPSA) is 58.2 Å². The van der Waals surface area contributed by atoms with E-state index in [2.05, 4.69) is 10.6 Å². The molecule has 4 nitrogen and oxygen atoms in total. The predicted molar refractivity (Wildman–Crippen MR) is 84.8 cm³/mol. The molecule has 0 atom stereocenters. The van der Waals surface area contributed by atoms with Gasteiger partial charge in [-0.25, -0.2) is 0 Å². The summed E-state index contributed by atoms with van der Waals surface area (Å²) in [6.45, 7) is 0. The number of nitrogens with one attached hydrogen (secondary N) is 2. The highest BCUT2D eigenvalue weighted by atomic mass is 35.5. The highest BCUT2D eigenvalue weighted by Crippen LogP contribution is 2.15. The molecule has 0 aliphatic rings. The van der Waals surface area contributed by atoms with E-state index in [0.717, 1.165) is 0 Å². The minimum Gasteiger partial charge on any atom is -0.326 e. The number of benzene rings is 2. The van der Waals surface area contributed by atoms with Gasteiger partial charge in [0.05, 0.1) is 0 Å². The minimum absolute atomic E-state index is 0.133. The summed E-state index contributed by atoms with van der Waals surface area (Å²) in [6.07, 6.45) is 0.272. The molecule has 0 bridgehead atoms. The van der Waals surface area contributed by atoms with Crippen molar-refractivity contribution < 1.29 is 9.59 Å². The van der Waals surface area contributed by atoms with E-state index in [0.29, 0.717) is 16.9 Å². The first-order valence-electron chi connectivity index (χ1n) is 6.51. The quantitative estimate of drug-likeness (QED) is 0.830. The van der Waals surface area contributed by atoms with Crippen molar-refractivity contribution in [2.24, 2.45) is 0 Å². The Balaban J connectivity index is 1.96. The Bertz CT molecular complexity index is 612. The number of rotatable bonds is 5. The molecule has 2 N–H and O–H groups in total. The van der Waals surface area contributed by atoms with E-state index in [1.54, 1.807) is 36.4 Å². The summed E-state index contributed by atoms with van der Waals surface area (Å²) in [5.41, 5.74) is 1.93. The first-order chi connectivity index (χ1) is 10.2. The molecule has 0 aliphatic heterocycles. The Morgan fingerprint density at radius 1 is 0.857 bits per heavy atom. The van der Waals surface area contributed by atoms with Crippen molar-refractivity contribution in [2.75, 3.05) is 16.5 Å². The molecule has 21 heavy (non-hydrogen) atoms. The number of amides is 2. The van der Waals surface area contributed by atoms with Crippen molar-refractivity contribution in [2.45, 2.75) is 6.42 Å². The monoisotopic (exact) mass is 302 g/mol. The van der Waals surface area contributed by atoms with E-state index >= 15 is 0 Å². The lowest BCUT2D eigenvalue weighted by Crippen LogP contribution is -2.13. The van der Waals surface area contributed by atoms with Gasteiger partial charge in [0, 0.05) is 29.2 Å². The molecular weight excluding hydrogens is 288 g/mol. The van der Waals surface area contributed by atoms with Gasteiger partial charge in [0.1, 0.15) is 0 Å². The number of carbonyl (C=O) groups is 2. The maximum absolute atomic E-state index is 12.0. The van der Waals surface area contributed by atoms with Crippen molar-refractivity contribution in [1.82, 2.24) is 0 Å². The molecule has 0 saturated carbocycles. The minimum atomic E-state index is -0.172. The van der Waals surface area contributed by atoms with Crippen LogP contribution in [0.1, 0.15) is 16.8 Å². The van der Waals surface area contributed by atoms with Crippen LogP contribution in [0, 0.1) is 0 Å². The second kappa shape index (κ2) is 7.45. The average Bonchev–Trinajstić information content (AvgIpc) is 2.50. The van der Waals surface area contributed by atoms with Gasteiger partial charge in [0.2, 0.25) is 5.91 Å². The molecule has 0 radical (unpaired) electrons. The maximum Gasteiger partial charge on any atom is 0.255 e. The zero-order chi connectivity index (χ0) is 15.1. The molecule has 108 valence electrons. The third-order valence-corrected chi connectivity index (χ3v) is 2.97. The van der Waals surface area contributed by atoms with Crippen LogP contribution in [-0.2, 0) is 4.79 Å². The van der Waals surface area contributed by atoms with Crippen LogP contribution < -0.4 is 10.6 Å². The van der Waals surface area contributed by atoms with Crippen LogP contribution in [0.3, 0.4) is 0 Å². The molecule has 0 unspecified atom stereocenters.